The van der Waals surface area contributed by atoms with Crippen molar-refractivity contribution in [1.29, 1.82) is 0 Å². The molecule has 0 spiro atoms. The number of nitrogens with two attached hydrogens (primary N) is 1. The maximum Gasteiger partial charge on any atom is 0.249 e. The van der Waals surface area contributed by atoms with Crippen LogP contribution < -0.4 is 5.73 Å². The predicted octanol–water partition coefficient (Wildman–Crippen LogP) is 5.95. The second kappa shape index (κ2) is 12.5. The third-order valence-electron chi connectivity index (χ3n) is 7.03. The van der Waals surface area contributed by atoms with Gasteiger partial charge in [0.2, 0.25) is 5.91 Å². The highest BCUT2D eigenvalue weighted by atomic mass is 33.1. The van der Waals surface area contributed by atoms with Crippen LogP contribution in [-0.2, 0) is 23.7 Å². The Kier molecular flexibility index (Phi) is 12.5. The van der Waals surface area contributed by atoms with Crippen LogP contribution in [0, 0.1) is 5.41 Å². The Labute approximate surface area is 215 Å². The maximum atomic E-state index is 11.6. The minimum atomic E-state index is -2.18. The molecule has 0 aliphatic carbocycles. The lowest BCUT2D eigenvalue weighted by Crippen LogP contribution is -2.47. The molecule has 0 bridgehead atoms. The molecule has 0 saturated carbocycles. The Morgan fingerprint density at radius 3 is 2.00 bits per heavy atom. The number of amides is 1. The summed E-state index contributed by atoms with van der Waals surface area (Å²) in [6.07, 6.45) is 1.98. The van der Waals surface area contributed by atoms with Gasteiger partial charge in [-0.15, -0.1) is 11.7 Å². The first kappa shape index (κ1) is 34.0. The standard InChI is InChI=1S/C25H53NO6S2/c1-19(32-23(6,7)20(26)27)18-21(2,3)24(8,9)31-16-14-22(4,5)30-15-13-17-34(28,33)25(10,11)29-12/h19,28,33H,13-18H2,1-12H3,(H2,26,27). The van der Waals surface area contributed by atoms with Gasteiger partial charge in [-0.1, -0.05) is 23.2 Å². The third kappa shape index (κ3) is 10.5. The van der Waals surface area contributed by atoms with Gasteiger partial charge in [0.25, 0.3) is 0 Å². The molecule has 0 aliphatic rings. The zero-order chi connectivity index (χ0) is 27.2. The molecular weight excluding hydrogens is 474 g/mol. The van der Waals surface area contributed by atoms with Crippen LogP contribution >= 0.6 is 21.0 Å². The fourth-order valence-electron chi connectivity index (χ4n) is 3.37. The van der Waals surface area contributed by atoms with E-state index in [1.54, 1.807) is 21.0 Å². The number of carbonyl (C=O) groups is 1. The third-order valence-corrected chi connectivity index (χ3v) is 11.5. The monoisotopic (exact) mass is 527 g/mol. The van der Waals surface area contributed by atoms with Crippen molar-refractivity contribution in [1.82, 2.24) is 0 Å². The van der Waals surface area contributed by atoms with Crippen molar-refractivity contribution < 1.29 is 28.3 Å². The predicted molar refractivity (Wildman–Crippen MR) is 147 cm³/mol. The van der Waals surface area contributed by atoms with E-state index in [1.165, 1.54) is 0 Å². The number of rotatable bonds is 17. The van der Waals surface area contributed by atoms with Gasteiger partial charge in [0.1, 0.15) is 10.5 Å². The van der Waals surface area contributed by atoms with Gasteiger partial charge < -0.3 is 29.2 Å². The molecule has 0 saturated heterocycles. The minimum absolute atomic E-state index is 0.157. The van der Waals surface area contributed by atoms with Crippen molar-refractivity contribution in [2.45, 2.75) is 123 Å². The van der Waals surface area contributed by atoms with Crippen LogP contribution in [0.2, 0.25) is 0 Å². The second-order valence-electron chi connectivity index (χ2n) is 11.9. The lowest BCUT2D eigenvalue weighted by Gasteiger charge is -2.44. The van der Waals surface area contributed by atoms with Crippen LogP contribution in [-0.4, -0.2) is 64.4 Å². The Bertz CT molecular complexity index is 647. The number of carbonyl (C=O) groups excluding carboxylic acids is 1. The van der Waals surface area contributed by atoms with Crippen molar-refractivity contribution in [2.75, 3.05) is 26.1 Å². The molecule has 3 N–H and O–H groups in total. The van der Waals surface area contributed by atoms with Crippen molar-refractivity contribution in [2.24, 2.45) is 11.1 Å². The Morgan fingerprint density at radius 1 is 1.00 bits per heavy atom. The highest BCUT2D eigenvalue weighted by Gasteiger charge is 2.41. The molecule has 0 aromatic heterocycles. The Balaban J connectivity index is 4.68. The first-order valence-corrected chi connectivity index (χ1v) is 14.9. The first-order chi connectivity index (χ1) is 15.0. The Morgan fingerprint density at radius 2 is 1.53 bits per heavy atom. The molecule has 7 nitrogen and oxygen atoms in total. The number of thiol groups is 1. The van der Waals surface area contributed by atoms with E-state index in [-0.39, 0.29) is 17.1 Å². The van der Waals surface area contributed by atoms with Gasteiger partial charge in [0.15, 0.2) is 0 Å². The second-order valence-corrected chi connectivity index (χ2v) is 16.5. The Hall–Kier alpha value is -0.0300. The smallest absolute Gasteiger partial charge is 0.249 e. The lowest BCUT2D eigenvalue weighted by molar-refractivity contribution is -0.157. The van der Waals surface area contributed by atoms with Gasteiger partial charge in [-0.2, -0.15) is 0 Å². The normalized spacial score (nSPS) is 17.8. The molecule has 34 heavy (non-hydrogen) atoms. The van der Waals surface area contributed by atoms with Crippen molar-refractivity contribution in [3.63, 3.8) is 0 Å². The molecular formula is C25H53NO6S2. The summed E-state index contributed by atoms with van der Waals surface area (Å²) in [5.41, 5.74) is 3.45. The van der Waals surface area contributed by atoms with E-state index >= 15 is 0 Å². The summed E-state index contributed by atoms with van der Waals surface area (Å²) in [7, 11) is -0.586. The molecule has 0 aromatic rings. The zero-order valence-corrected chi connectivity index (χ0v) is 25.5. The fourth-order valence-corrected chi connectivity index (χ4v) is 5.26. The highest BCUT2D eigenvalue weighted by molar-refractivity contribution is 8.85. The number of methoxy groups -OCH3 is 1. The van der Waals surface area contributed by atoms with Gasteiger partial charge in [-0.3, -0.25) is 4.79 Å². The summed E-state index contributed by atoms with van der Waals surface area (Å²) in [6, 6.07) is 0. The summed E-state index contributed by atoms with van der Waals surface area (Å²) in [5, 5.41) is 0. The maximum absolute atomic E-state index is 11.6. The minimum Gasteiger partial charge on any atom is -0.375 e. The average Bonchev–Trinajstić information content (AvgIpc) is 2.63. The average molecular weight is 528 g/mol. The summed E-state index contributed by atoms with van der Waals surface area (Å²) >= 11 is 4.47. The van der Waals surface area contributed by atoms with E-state index in [1.807, 2.05) is 20.8 Å². The van der Waals surface area contributed by atoms with Gasteiger partial charge >= 0.3 is 0 Å². The van der Waals surface area contributed by atoms with Crippen LogP contribution in [0.3, 0.4) is 0 Å². The van der Waals surface area contributed by atoms with E-state index in [2.05, 4.69) is 53.2 Å². The van der Waals surface area contributed by atoms with Crippen LogP contribution in [0.5, 0.6) is 0 Å². The van der Waals surface area contributed by atoms with E-state index in [4.69, 9.17) is 24.7 Å². The van der Waals surface area contributed by atoms with E-state index in [0.29, 0.717) is 31.8 Å². The fraction of sp³-hybridized carbons (Fsp3) is 0.960. The number of hydrogen-bond donors (Lipinski definition) is 3. The quantitative estimate of drug-likeness (QED) is 0.123. The summed E-state index contributed by atoms with van der Waals surface area (Å²) in [6.45, 7) is 22.7. The molecule has 0 rings (SSSR count). The van der Waals surface area contributed by atoms with Crippen LogP contribution in [0.25, 0.3) is 0 Å². The molecule has 206 valence electrons. The van der Waals surface area contributed by atoms with Crippen molar-refractivity contribution in [3.05, 3.63) is 0 Å². The molecule has 0 radical (unpaired) electrons. The van der Waals surface area contributed by atoms with Gasteiger partial charge in [-0.05, 0) is 87.0 Å². The molecule has 1 amide bonds. The van der Waals surface area contributed by atoms with E-state index < -0.39 is 31.4 Å². The summed E-state index contributed by atoms with van der Waals surface area (Å²) < 4.78 is 34.4. The molecule has 0 fully saturated rings. The largest absolute Gasteiger partial charge is 0.375 e. The molecule has 2 unspecified atom stereocenters. The van der Waals surface area contributed by atoms with Crippen molar-refractivity contribution in [3.8, 4) is 0 Å². The molecule has 0 heterocycles. The topological polar surface area (TPSA) is 100 Å². The van der Waals surface area contributed by atoms with Gasteiger partial charge in [-0.25, -0.2) is 0 Å². The zero-order valence-electron chi connectivity index (χ0n) is 23.7. The summed E-state index contributed by atoms with van der Waals surface area (Å²) in [4.78, 5) is 10.9. The number of ether oxygens (including phenoxy) is 4. The molecule has 9 heteroatoms. The van der Waals surface area contributed by atoms with Crippen LogP contribution in [0.15, 0.2) is 0 Å². The SMILES string of the molecule is COC(C)(C)S(O)(S)CCCOC(C)(C)CCOC(C)(C)C(C)(C)CC(C)OC(C)(C)C(N)=O. The first-order valence-electron chi connectivity index (χ1n) is 12.1. The van der Waals surface area contributed by atoms with E-state index in [9.17, 15) is 9.35 Å². The molecule has 0 aliphatic heterocycles. The van der Waals surface area contributed by atoms with E-state index in [0.717, 1.165) is 6.42 Å². The molecule has 2 atom stereocenters. The van der Waals surface area contributed by atoms with Crippen LogP contribution in [0.4, 0.5) is 0 Å². The lowest BCUT2D eigenvalue weighted by atomic mass is 9.73. The van der Waals surface area contributed by atoms with Crippen LogP contribution in [0.1, 0.15) is 95.4 Å². The van der Waals surface area contributed by atoms with Gasteiger partial charge in [0, 0.05) is 19.5 Å². The summed E-state index contributed by atoms with van der Waals surface area (Å²) in [5.74, 6) is 0.0650. The number of hydrogen-bond acceptors (Lipinski definition) is 7. The molecule has 0 aromatic carbocycles. The number of primary amides is 1. The van der Waals surface area contributed by atoms with Crippen molar-refractivity contribution >= 4 is 26.9 Å². The van der Waals surface area contributed by atoms with Gasteiger partial charge in [0.05, 0.1) is 23.9 Å². The highest BCUT2D eigenvalue weighted by Crippen LogP contribution is 2.60.